The van der Waals surface area contributed by atoms with Gasteiger partial charge in [-0.1, -0.05) is 11.6 Å². The lowest BCUT2D eigenvalue weighted by molar-refractivity contribution is -0.129. The summed E-state index contributed by atoms with van der Waals surface area (Å²) in [6.07, 6.45) is 6.78. The highest BCUT2D eigenvalue weighted by molar-refractivity contribution is 5.94. The number of carbonyl (C=O) groups excluding carboxylic acids is 2. The van der Waals surface area contributed by atoms with Crippen LogP contribution in [0.5, 0.6) is 11.5 Å². The van der Waals surface area contributed by atoms with Gasteiger partial charge in [0, 0.05) is 12.6 Å². The number of phenolic OH excluding ortho intramolecular Hbond substituents is 1. The zero-order chi connectivity index (χ0) is 18.2. The fourth-order valence-corrected chi connectivity index (χ4v) is 2.71. The molecular weight excluding hydrogens is 322 g/mol. The lowest BCUT2D eigenvalue weighted by Gasteiger charge is -2.16. The Labute approximate surface area is 147 Å². The molecule has 0 unspecified atom stereocenters. The molecule has 1 aromatic carbocycles. The third kappa shape index (κ3) is 5.52. The summed E-state index contributed by atoms with van der Waals surface area (Å²) in [6.45, 7) is 2.04. The molecule has 1 aliphatic rings. The standard InChI is InChI=1S/C19H25NO5/c1-13(18(22)20-11-10-14-6-4-3-5-7-14)25-19(23)16-9-8-15(24-2)12-17(16)21/h6,8-9,12-13,21H,3-5,7,10-11H2,1-2H3,(H,20,22)/t13-/m1/s1. The molecule has 2 rings (SSSR count). The van der Waals surface area contributed by atoms with Crippen LogP contribution in [-0.4, -0.2) is 36.7 Å². The highest BCUT2D eigenvalue weighted by Gasteiger charge is 2.21. The molecule has 1 atom stereocenters. The summed E-state index contributed by atoms with van der Waals surface area (Å²) in [5.41, 5.74) is 1.37. The van der Waals surface area contributed by atoms with E-state index in [9.17, 15) is 14.7 Å². The van der Waals surface area contributed by atoms with Crippen LogP contribution in [0.3, 0.4) is 0 Å². The number of aromatic hydroxyl groups is 1. The number of benzene rings is 1. The molecule has 1 aliphatic carbocycles. The Morgan fingerprint density at radius 2 is 2.12 bits per heavy atom. The van der Waals surface area contributed by atoms with E-state index < -0.39 is 12.1 Å². The molecule has 0 saturated heterocycles. The van der Waals surface area contributed by atoms with Gasteiger partial charge in [0.25, 0.3) is 5.91 Å². The highest BCUT2D eigenvalue weighted by atomic mass is 16.5. The highest BCUT2D eigenvalue weighted by Crippen LogP contribution is 2.24. The molecule has 6 heteroatoms. The van der Waals surface area contributed by atoms with Gasteiger partial charge in [-0.05, 0) is 51.2 Å². The Bertz CT molecular complexity index is 653. The summed E-state index contributed by atoms with van der Waals surface area (Å²) in [6, 6.07) is 4.26. The van der Waals surface area contributed by atoms with Crippen molar-refractivity contribution in [2.24, 2.45) is 0 Å². The molecule has 1 aromatic rings. The third-order valence-corrected chi connectivity index (χ3v) is 4.21. The predicted octanol–water partition coefficient (Wildman–Crippen LogP) is 2.95. The Balaban J connectivity index is 1.81. The number of carbonyl (C=O) groups is 2. The first-order chi connectivity index (χ1) is 12.0. The number of nitrogens with one attached hydrogen (secondary N) is 1. The van der Waals surface area contributed by atoms with Gasteiger partial charge in [-0.15, -0.1) is 0 Å². The molecule has 0 spiro atoms. The summed E-state index contributed by atoms with van der Waals surface area (Å²) in [7, 11) is 1.46. The summed E-state index contributed by atoms with van der Waals surface area (Å²) in [5, 5.41) is 12.6. The summed E-state index contributed by atoms with van der Waals surface area (Å²) < 4.78 is 10.1. The minimum absolute atomic E-state index is 0.00666. The first-order valence-corrected chi connectivity index (χ1v) is 8.55. The molecule has 0 aliphatic heterocycles. The maximum absolute atomic E-state index is 12.1. The van der Waals surface area contributed by atoms with Gasteiger partial charge in [-0.2, -0.15) is 0 Å². The number of phenols is 1. The van der Waals surface area contributed by atoms with Gasteiger partial charge in [0.15, 0.2) is 6.10 Å². The van der Waals surface area contributed by atoms with Crippen LogP contribution < -0.4 is 10.1 Å². The first kappa shape index (κ1) is 18.8. The van der Waals surface area contributed by atoms with Gasteiger partial charge in [-0.25, -0.2) is 4.79 Å². The normalized spacial score (nSPS) is 15.0. The Hall–Kier alpha value is -2.50. The summed E-state index contributed by atoms with van der Waals surface area (Å²) in [5.74, 6) is -0.923. The number of allylic oxidation sites excluding steroid dienone is 1. The monoisotopic (exact) mass is 347 g/mol. The molecule has 0 radical (unpaired) electrons. The largest absolute Gasteiger partial charge is 0.507 e. The molecular formula is C19H25NO5. The van der Waals surface area contributed by atoms with Crippen molar-refractivity contribution in [2.45, 2.75) is 45.1 Å². The van der Waals surface area contributed by atoms with Gasteiger partial charge in [0.05, 0.1) is 7.11 Å². The number of ether oxygens (including phenoxy) is 2. The molecule has 0 fully saturated rings. The van der Waals surface area contributed by atoms with E-state index in [0.29, 0.717) is 12.3 Å². The van der Waals surface area contributed by atoms with Crippen molar-refractivity contribution >= 4 is 11.9 Å². The molecule has 2 N–H and O–H groups in total. The van der Waals surface area contributed by atoms with Gasteiger partial charge < -0.3 is 19.9 Å². The van der Waals surface area contributed by atoms with Crippen LogP contribution in [0.1, 0.15) is 49.4 Å². The van der Waals surface area contributed by atoms with Crippen molar-refractivity contribution in [3.8, 4) is 11.5 Å². The number of rotatable bonds is 7. The van der Waals surface area contributed by atoms with Crippen LogP contribution in [-0.2, 0) is 9.53 Å². The van der Waals surface area contributed by atoms with Crippen molar-refractivity contribution in [2.75, 3.05) is 13.7 Å². The van der Waals surface area contributed by atoms with Gasteiger partial charge >= 0.3 is 5.97 Å². The second-order valence-corrected chi connectivity index (χ2v) is 6.08. The van der Waals surface area contributed by atoms with E-state index >= 15 is 0 Å². The van der Waals surface area contributed by atoms with Crippen LogP contribution in [0.15, 0.2) is 29.8 Å². The molecule has 1 amide bonds. The number of methoxy groups -OCH3 is 1. The van der Waals surface area contributed by atoms with E-state index in [-0.39, 0.29) is 17.2 Å². The van der Waals surface area contributed by atoms with Crippen LogP contribution >= 0.6 is 0 Å². The Morgan fingerprint density at radius 3 is 2.76 bits per heavy atom. The quantitative estimate of drug-likeness (QED) is 0.585. The first-order valence-electron chi connectivity index (χ1n) is 8.55. The van der Waals surface area contributed by atoms with Crippen molar-refractivity contribution in [1.29, 1.82) is 0 Å². The lowest BCUT2D eigenvalue weighted by atomic mass is 9.97. The number of hydrogen-bond donors (Lipinski definition) is 2. The van der Waals surface area contributed by atoms with Crippen molar-refractivity contribution in [3.05, 3.63) is 35.4 Å². The maximum atomic E-state index is 12.1. The van der Waals surface area contributed by atoms with Crippen molar-refractivity contribution in [1.82, 2.24) is 5.32 Å². The van der Waals surface area contributed by atoms with Crippen LogP contribution in [0.2, 0.25) is 0 Å². The molecule has 0 aromatic heterocycles. The second kappa shape index (κ2) is 9.11. The number of amides is 1. The molecule has 6 nitrogen and oxygen atoms in total. The maximum Gasteiger partial charge on any atom is 0.342 e. The molecule has 0 heterocycles. The summed E-state index contributed by atoms with van der Waals surface area (Å²) >= 11 is 0. The smallest absolute Gasteiger partial charge is 0.342 e. The average molecular weight is 347 g/mol. The average Bonchev–Trinajstić information content (AvgIpc) is 2.62. The molecule has 0 saturated carbocycles. The van der Waals surface area contributed by atoms with E-state index in [4.69, 9.17) is 9.47 Å². The lowest BCUT2D eigenvalue weighted by Crippen LogP contribution is -2.36. The SMILES string of the molecule is COc1ccc(C(=O)O[C@H](C)C(=O)NCCC2=CCCCC2)c(O)c1. The van der Waals surface area contributed by atoms with Gasteiger partial charge in [0.2, 0.25) is 0 Å². The van der Waals surface area contributed by atoms with Crippen LogP contribution in [0.25, 0.3) is 0 Å². The van der Waals surface area contributed by atoms with E-state index in [1.54, 1.807) is 6.07 Å². The van der Waals surface area contributed by atoms with Crippen molar-refractivity contribution < 1.29 is 24.2 Å². The van der Waals surface area contributed by atoms with Gasteiger partial charge in [0.1, 0.15) is 17.1 Å². The molecule has 25 heavy (non-hydrogen) atoms. The second-order valence-electron chi connectivity index (χ2n) is 6.08. The van der Waals surface area contributed by atoms with E-state index in [1.807, 2.05) is 0 Å². The van der Waals surface area contributed by atoms with Gasteiger partial charge in [-0.3, -0.25) is 4.79 Å². The topological polar surface area (TPSA) is 84.9 Å². The molecule has 136 valence electrons. The van der Waals surface area contributed by atoms with Crippen LogP contribution in [0, 0.1) is 0 Å². The number of hydrogen-bond acceptors (Lipinski definition) is 5. The minimum atomic E-state index is -0.936. The zero-order valence-corrected chi connectivity index (χ0v) is 14.7. The summed E-state index contributed by atoms with van der Waals surface area (Å²) in [4.78, 5) is 24.1. The Morgan fingerprint density at radius 1 is 1.32 bits per heavy atom. The predicted molar refractivity (Wildman–Crippen MR) is 93.7 cm³/mol. The fourth-order valence-electron chi connectivity index (χ4n) is 2.71. The van der Waals surface area contributed by atoms with Crippen molar-refractivity contribution in [3.63, 3.8) is 0 Å². The zero-order valence-electron chi connectivity index (χ0n) is 14.7. The van der Waals surface area contributed by atoms with E-state index in [0.717, 1.165) is 19.3 Å². The Kier molecular flexibility index (Phi) is 6.86. The van der Waals surface area contributed by atoms with Crippen LogP contribution in [0.4, 0.5) is 0 Å². The molecule has 0 bridgehead atoms. The fraction of sp³-hybridized carbons (Fsp3) is 0.474. The minimum Gasteiger partial charge on any atom is -0.507 e. The number of esters is 1. The third-order valence-electron chi connectivity index (χ3n) is 4.21. The van der Waals surface area contributed by atoms with E-state index in [1.165, 1.54) is 44.6 Å². The van der Waals surface area contributed by atoms with E-state index in [2.05, 4.69) is 11.4 Å².